The highest BCUT2D eigenvalue weighted by Gasteiger charge is 2.40. The summed E-state index contributed by atoms with van der Waals surface area (Å²) in [6, 6.07) is 6.36. The first-order chi connectivity index (χ1) is 9.16. The zero-order valence-electron chi connectivity index (χ0n) is 10.7. The normalized spacial score (nSPS) is 13.6. The number of unbranched alkanes of at least 4 members (excludes halogenated alkanes) is 2. The molecule has 0 bridgehead atoms. The van der Waals surface area contributed by atoms with E-state index >= 15 is 0 Å². The van der Waals surface area contributed by atoms with Crippen molar-refractivity contribution in [3.8, 4) is 0 Å². The maximum Gasteiger partial charge on any atom is 0.424 e. The van der Waals surface area contributed by atoms with Crippen LogP contribution in [0.4, 0.5) is 4.79 Å². The summed E-state index contributed by atoms with van der Waals surface area (Å²) < 4.78 is 4.95. The summed E-state index contributed by atoms with van der Waals surface area (Å²) in [6.45, 7) is 2.26. The van der Waals surface area contributed by atoms with E-state index in [4.69, 9.17) is 4.74 Å². The van der Waals surface area contributed by atoms with Gasteiger partial charge in [0.25, 0.3) is 11.8 Å². The lowest BCUT2D eigenvalue weighted by Gasteiger charge is -2.11. The number of ether oxygens (including phenoxy) is 1. The van der Waals surface area contributed by atoms with Gasteiger partial charge in [-0.15, -0.1) is 0 Å². The van der Waals surface area contributed by atoms with Crippen molar-refractivity contribution in [1.29, 1.82) is 0 Å². The van der Waals surface area contributed by atoms with Crippen molar-refractivity contribution >= 4 is 17.9 Å². The number of amides is 3. The van der Waals surface area contributed by atoms with Crippen molar-refractivity contribution in [3.63, 3.8) is 0 Å². The average Bonchev–Trinajstić information content (AvgIpc) is 2.68. The third kappa shape index (κ3) is 2.50. The van der Waals surface area contributed by atoms with Gasteiger partial charge in [0, 0.05) is 0 Å². The van der Waals surface area contributed by atoms with E-state index in [1.54, 1.807) is 12.1 Å². The molecule has 0 saturated carbocycles. The van der Waals surface area contributed by atoms with E-state index in [1.807, 2.05) is 6.92 Å². The van der Waals surface area contributed by atoms with Crippen LogP contribution in [-0.2, 0) is 4.74 Å². The van der Waals surface area contributed by atoms with Crippen LogP contribution in [0.15, 0.2) is 24.3 Å². The number of hydrogen-bond acceptors (Lipinski definition) is 4. The van der Waals surface area contributed by atoms with Gasteiger partial charge in [-0.3, -0.25) is 9.59 Å². The maximum absolute atomic E-state index is 11.9. The van der Waals surface area contributed by atoms with Crippen LogP contribution in [0.3, 0.4) is 0 Å². The average molecular weight is 261 g/mol. The molecule has 0 aliphatic carbocycles. The molecule has 1 aliphatic rings. The molecule has 0 saturated heterocycles. The van der Waals surface area contributed by atoms with Gasteiger partial charge in [-0.25, -0.2) is 4.79 Å². The fraction of sp³-hybridized carbons (Fsp3) is 0.357. The lowest BCUT2D eigenvalue weighted by Crippen LogP contribution is -2.36. The molecule has 5 heteroatoms. The molecule has 1 aromatic carbocycles. The van der Waals surface area contributed by atoms with E-state index in [2.05, 4.69) is 0 Å². The molecule has 0 N–H and O–H groups in total. The quantitative estimate of drug-likeness (QED) is 0.617. The second kappa shape index (κ2) is 5.65. The molecule has 1 aromatic rings. The van der Waals surface area contributed by atoms with Crippen LogP contribution in [0.25, 0.3) is 0 Å². The van der Waals surface area contributed by atoms with Gasteiger partial charge >= 0.3 is 6.09 Å². The number of rotatable bonds is 4. The van der Waals surface area contributed by atoms with E-state index < -0.39 is 17.9 Å². The zero-order chi connectivity index (χ0) is 13.8. The van der Waals surface area contributed by atoms with E-state index in [1.165, 1.54) is 12.1 Å². The first-order valence-corrected chi connectivity index (χ1v) is 6.31. The van der Waals surface area contributed by atoms with E-state index in [-0.39, 0.29) is 17.7 Å². The fourth-order valence-electron chi connectivity index (χ4n) is 1.93. The van der Waals surface area contributed by atoms with Crippen molar-refractivity contribution in [2.45, 2.75) is 26.2 Å². The second-order valence-electron chi connectivity index (χ2n) is 4.31. The molecule has 0 aromatic heterocycles. The van der Waals surface area contributed by atoms with Crippen molar-refractivity contribution in [2.24, 2.45) is 0 Å². The Morgan fingerprint density at radius 1 is 1.11 bits per heavy atom. The largest absolute Gasteiger partial charge is 0.449 e. The number of hydrogen-bond donors (Lipinski definition) is 0. The van der Waals surface area contributed by atoms with Gasteiger partial charge < -0.3 is 4.74 Å². The van der Waals surface area contributed by atoms with Crippen LogP contribution in [0.1, 0.15) is 46.9 Å². The zero-order valence-corrected chi connectivity index (χ0v) is 10.7. The SMILES string of the molecule is CCCCCOC(=O)N1C(=O)c2ccccc2C1=O. The van der Waals surface area contributed by atoms with Gasteiger partial charge in [0.15, 0.2) is 0 Å². The summed E-state index contributed by atoms with van der Waals surface area (Å²) in [5.41, 5.74) is 0.496. The Morgan fingerprint density at radius 3 is 2.21 bits per heavy atom. The molecule has 5 nitrogen and oxygen atoms in total. The number of carbonyl (C=O) groups excluding carboxylic acids is 3. The minimum atomic E-state index is -0.887. The molecule has 1 aliphatic heterocycles. The predicted molar refractivity (Wildman–Crippen MR) is 67.8 cm³/mol. The van der Waals surface area contributed by atoms with Crippen LogP contribution < -0.4 is 0 Å². The Hall–Kier alpha value is -2.17. The van der Waals surface area contributed by atoms with Gasteiger partial charge in [0.2, 0.25) is 0 Å². The molecular weight excluding hydrogens is 246 g/mol. The summed E-state index contributed by atoms with van der Waals surface area (Å²) in [5.74, 6) is -1.22. The summed E-state index contributed by atoms with van der Waals surface area (Å²) >= 11 is 0. The highest BCUT2D eigenvalue weighted by molar-refractivity contribution is 6.27. The van der Waals surface area contributed by atoms with Gasteiger partial charge in [0.1, 0.15) is 0 Å². The molecule has 0 radical (unpaired) electrons. The molecule has 0 spiro atoms. The van der Waals surface area contributed by atoms with Gasteiger partial charge in [-0.2, -0.15) is 4.90 Å². The number of fused-ring (bicyclic) bond motifs is 1. The highest BCUT2D eigenvalue weighted by Crippen LogP contribution is 2.23. The Kier molecular flexibility index (Phi) is 3.94. The van der Waals surface area contributed by atoms with Crippen molar-refractivity contribution in [3.05, 3.63) is 35.4 Å². The third-order valence-corrected chi connectivity index (χ3v) is 2.95. The van der Waals surface area contributed by atoms with Gasteiger partial charge in [-0.05, 0) is 18.6 Å². The van der Waals surface area contributed by atoms with Crippen molar-refractivity contribution in [2.75, 3.05) is 6.61 Å². The summed E-state index contributed by atoms with van der Waals surface area (Å²) in [4.78, 5) is 36.2. The highest BCUT2D eigenvalue weighted by atomic mass is 16.6. The Morgan fingerprint density at radius 2 is 1.68 bits per heavy atom. The number of benzene rings is 1. The lowest BCUT2D eigenvalue weighted by atomic mass is 10.1. The van der Waals surface area contributed by atoms with E-state index in [0.717, 1.165) is 19.3 Å². The smallest absolute Gasteiger partial charge is 0.424 e. The van der Waals surface area contributed by atoms with Crippen LogP contribution in [0, 0.1) is 0 Å². The molecule has 0 unspecified atom stereocenters. The maximum atomic E-state index is 11.9. The predicted octanol–water partition coefficient (Wildman–Crippen LogP) is 2.61. The number of nitrogens with zero attached hydrogens (tertiary/aromatic N) is 1. The molecule has 19 heavy (non-hydrogen) atoms. The van der Waals surface area contributed by atoms with E-state index in [9.17, 15) is 14.4 Å². The standard InChI is InChI=1S/C14H15NO4/c1-2-3-6-9-19-14(18)15-12(16)10-7-4-5-8-11(10)13(15)17/h4-5,7-8H,2-3,6,9H2,1H3. The first-order valence-electron chi connectivity index (χ1n) is 6.31. The number of imide groups is 3. The van der Waals surface area contributed by atoms with Crippen LogP contribution >= 0.6 is 0 Å². The van der Waals surface area contributed by atoms with Gasteiger partial charge in [-0.1, -0.05) is 31.9 Å². The molecule has 0 atom stereocenters. The summed E-state index contributed by atoms with van der Waals surface area (Å²) in [5, 5.41) is 0. The summed E-state index contributed by atoms with van der Waals surface area (Å²) in [7, 11) is 0. The summed E-state index contributed by atoms with van der Waals surface area (Å²) in [6.07, 6.45) is 1.79. The number of carbonyl (C=O) groups is 3. The molecule has 0 fully saturated rings. The molecule has 100 valence electrons. The lowest BCUT2D eigenvalue weighted by molar-refractivity contribution is 0.0584. The fourth-order valence-corrected chi connectivity index (χ4v) is 1.93. The van der Waals surface area contributed by atoms with Crippen LogP contribution in [-0.4, -0.2) is 29.4 Å². The minimum Gasteiger partial charge on any atom is -0.449 e. The third-order valence-electron chi connectivity index (χ3n) is 2.95. The molecule has 2 rings (SSSR count). The topological polar surface area (TPSA) is 63.7 Å². The van der Waals surface area contributed by atoms with Crippen molar-refractivity contribution in [1.82, 2.24) is 4.90 Å². The molecule has 1 heterocycles. The second-order valence-corrected chi connectivity index (χ2v) is 4.31. The van der Waals surface area contributed by atoms with E-state index in [0.29, 0.717) is 4.90 Å². The Bertz CT molecular complexity index is 489. The van der Waals surface area contributed by atoms with Crippen LogP contribution in [0.5, 0.6) is 0 Å². The first kappa shape index (κ1) is 13.3. The molecule has 3 amide bonds. The Balaban J connectivity index is 2.05. The van der Waals surface area contributed by atoms with Crippen LogP contribution in [0.2, 0.25) is 0 Å². The Labute approximate surface area is 111 Å². The molecular formula is C14H15NO4. The monoisotopic (exact) mass is 261 g/mol. The minimum absolute atomic E-state index is 0.222. The van der Waals surface area contributed by atoms with Gasteiger partial charge in [0.05, 0.1) is 17.7 Å². The van der Waals surface area contributed by atoms with Crippen molar-refractivity contribution < 1.29 is 19.1 Å².